The second-order valence-electron chi connectivity index (χ2n) is 5.87. The van der Waals surface area contributed by atoms with Crippen molar-refractivity contribution in [2.75, 3.05) is 12.3 Å². The van der Waals surface area contributed by atoms with Gasteiger partial charge >= 0.3 is 0 Å². The molecule has 17 heavy (non-hydrogen) atoms. The molecule has 0 spiro atoms. The SMILES string of the molecule is Cc1c(N)cccc1CNCC1(C2CC2)CC1. The average Bonchev–Trinajstić information content (AvgIpc) is 3.14. The van der Waals surface area contributed by atoms with Gasteiger partial charge in [0.2, 0.25) is 0 Å². The number of nitrogens with two attached hydrogens (primary N) is 1. The lowest BCUT2D eigenvalue weighted by Crippen LogP contribution is -2.25. The van der Waals surface area contributed by atoms with E-state index in [1.54, 1.807) is 0 Å². The molecule has 0 unspecified atom stereocenters. The van der Waals surface area contributed by atoms with Crippen molar-refractivity contribution in [3.8, 4) is 0 Å². The van der Waals surface area contributed by atoms with E-state index in [1.165, 1.54) is 43.4 Å². The van der Waals surface area contributed by atoms with Crippen molar-refractivity contribution >= 4 is 5.69 Å². The predicted molar refractivity (Wildman–Crippen MR) is 71.7 cm³/mol. The molecular weight excluding hydrogens is 208 g/mol. The quantitative estimate of drug-likeness (QED) is 0.763. The van der Waals surface area contributed by atoms with Gasteiger partial charge in [-0.25, -0.2) is 0 Å². The molecule has 92 valence electrons. The van der Waals surface area contributed by atoms with Crippen LogP contribution in [0.3, 0.4) is 0 Å². The van der Waals surface area contributed by atoms with Crippen molar-refractivity contribution in [2.45, 2.75) is 39.2 Å². The molecule has 2 saturated carbocycles. The first kappa shape index (κ1) is 11.1. The Bertz CT molecular complexity index is 417. The van der Waals surface area contributed by atoms with E-state index in [2.05, 4.69) is 18.3 Å². The molecule has 1 aromatic carbocycles. The largest absolute Gasteiger partial charge is 0.399 e. The number of hydrogen-bond acceptors (Lipinski definition) is 2. The van der Waals surface area contributed by atoms with Crippen LogP contribution in [0.15, 0.2) is 18.2 Å². The minimum absolute atomic E-state index is 0.689. The molecule has 2 aliphatic carbocycles. The molecule has 0 bridgehead atoms. The monoisotopic (exact) mass is 230 g/mol. The predicted octanol–water partition coefficient (Wildman–Crippen LogP) is 2.86. The van der Waals surface area contributed by atoms with E-state index in [9.17, 15) is 0 Å². The third-order valence-electron chi connectivity index (χ3n) is 4.62. The van der Waals surface area contributed by atoms with Crippen LogP contribution in [0.5, 0.6) is 0 Å². The first-order chi connectivity index (χ1) is 8.21. The molecule has 3 N–H and O–H groups in total. The molecule has 0 heterocycles. The van der Waals surface area contributed by atoms with E-state index in [0.29, 0.717) is 5.41 Å². The third kappa shape index (κ3) is 2.19. The molecule has 0 saturated heterocycles. The van der Waals surface area contributed by atoms with Gasteiger partial charge < -0.3 is 11.1 Å². The minimum Gasteiger partial charge on any atom is -0.399 e. The summed E-state index contributed by atoms with van der Waals surface area (Å²) in [4.78, 5) is 0. The molecule has 0 aromatic heterocycles. The van der Waals surface area contributed by atoms with Crippen LogP contribution in [0.4, 0.5) is 5.69 Å². The van der Waals surface area contributed by atoms with Gasteiger partial charge in [0.05, 0.1) is 0 Å². The van der Waals surface area contributed by atoms with Gasteiger partial charge in [-0.2, -0.15) is 0 Å². The van der Waals surface area contributed by atoms with Gasteiger partial charge in [0.25, 0.3) is 0 Å². The van der Waals surface area contributed by atoms with E-state index < -0.39 is 0 Å². The Morgan fingerprint density at radius 3 is 2.76 bits per heavy atom. The summed E-state index contributed by atoms with van der Waals surface area (Å²) in [6.07, 6.45) is 5.83. The molecule has 2 nitrogen and oxygen atoms in total. The molecule has 0 amide bonds. The lowest BCUT2D eigenvalue weighted by atomic mass is 10.0. The van der Waals surface area contributed by atoms with Crippen LogP contribution in [0.25, 0.3) is 0 Å². The highest BCUT2D eigenvalue weighted by Crippen LogP contribution is 2.60. The summed E-state index contributed by atoms with van der Waals surface area (Å²) in [5.74, 6) is 1.04. The highest BCUT2D eigenvalue weighted by Gasteiger charge is 2.53. The summed E-state index contributed by atoms with van der Waals surface area (Å²) in [5, 5.41) is 3.64. The molecule has 2 fully saturated rings. The molecule has 1 aromatic rings. The van der Waals surface area contributed by atoms with Crippen LogP contribution >= 0.6 is 0 Å². The van der Waals surface area contributed by atoms with Gasteiger partial charge in [0, 0.05) is 18.8 Å². The van der Waals surface area contributed by atoms with Crippen LogP contribution in [0.2, 0.25) is 0 Å². The lowest BCUT2D eigenvalue weighted by molar-refractivity contribution is 0.403. The second kappa shape index (κ2) is 4.02. The van der Waals surface area contributed by atoms with Gasteiger partial charge in [-0.1, -0.05) is 12.1 Å². The Balaban J connectivity index is 1.55. The maximum Gasteiger partial charge on any atom is 0.0346 e. The Morgan fingerprint density at radius 1 is 1.35 bits per heavy atom. The molecule has 2 aliphatic rings. The Kier molecular flexibility index (Phi) is 2.62. The first-order valence-electron chi connectivity index (χ1n) is 6.76. The maximum atomic E-state index is 5.92. The number of hydrogen-bond donors (Lipinski definition) is 2. The van der Waals surface area contributed by atoms with E-state index in [1.807, 2.05) is 12.1 Å². The van der Waals surface area contributed by atoms with Crippen LogP contribution in [-0.4, -0.2) is 6.54 Å². The molecule has 2 heteroatoms. The number of nitrogens with one attached hydrogen (secondary N) is 1. The fourth-order valence-corrected chi connectivity index (χ4v) is 2.93. The summed E-state index contributed by atoms with van der Waals surface area (Å²) < 4.78 is 0. The fraction of sp³-hybridized carbons (Fsp3) is 0.600. The zero-order chi connectivity index (χ0) is 11.9. The second-order valence-corrected chi connectivity index (χ2v) is 5.87. The summed E-state index contributed by atoms with van der Waals surface area (Å²) in [6, 6.07) is 6.20. The summed E-state index contributed by atoms with van der Waals surface area (Å²) in [7, 11) is 0. The van der Waals surface area contributed by atoms with E-state index in [-0.39, 0.29) is 0 Å². The van der Waals surface area contributed by atoms with Gasteiger partial charge in [-0.05, 0) is 61.1 Å². The third-order valence-corrected chi connectivity index (χ3v) is 4.62. The van der Waals surface area contributed by atoms with E-state index in [0.717, 1.165) is 18.2 Å². The zero-order valence-corrected chi connectivity index (χ0v) is 10.6. The molecule has 0 atom stereocenters. The Morgan fingerprint density at radius 2 is 2.12 bits per heavy atom. The van der Waals surface area contributed by atoms with Crippen LogP contribution < -0.4 is 11.1 Å². The molecular formula is C15H22N2. The van der Waals surface area contributed by atoms with Crippen molar-refractivity contribution in [3.63, 3.8) is 0 Å². The highest BCUT2D eigenvalue weighted by atomic mass is 14.9. The van der Waals surface area contributed by atoms with Crippen LogP contribution in [0, 0.1) is 18.3 Å². The standard InChI is InChI=1S/C15H22N2/c1-11-12(3-2-4-14(11)16)9-17-10-15(7-8-15)13-5-6-13/h2-4,13,17H,5-10,16H2,1H3. The summed E-state index contributed by atoms with van der Waals surface area (Å²) >= 11 is 0. The van der Waals surface area contributed by atoms with Crippen molar-refractivity contribution in [1.82, 2.24) is 5.32 Å². The van der Waals surface area contributed by atoms with Gasteiger partial charge in [-0.3, -0.25) is 0 Å². The number of anilines is 1. The highest BCUT2D eigenvalue weighted by molar-refractivity contribution is 5.49. The molecule has 0 radical (unpaired) electrons. The van der Waals surface area contributed by atoms with Crippen molar-refractivity contribution in [2.24, 2.45) is 11.3 Å². The zero-order valence-electron chi connectivity index (χ0n) is 10.6. The maximum absolute atomic E-state index is 5.92. The van der Waals surface area contributed by atoms with Crippen molar-refractivity contribution in [3.05, 3.63) is 29.3 Å². The molecule has 3 rings (SSSR count). The Labute approximate surface area is 104 Å². The lowest BCUT2D eigenvalue weighted by Gasteiger charge is -2.16. The van der Waals surface area contributed by atoms with Crippen molar-refractivity contribution < 1.29 is 0 Å². The smallest absolute Gasteiger partial charge is 0.0346 e. The number of rotatable bonds is 5. The molecule has 0 aliphatic heterocycles. The van der Waals surface area contributed by atoms with Gasteiger partial charge in [-0.15, -0.1) is 0 Å². The van der Waals surface area contributed by atoms with E-state index in [4.69, 9.17) is 5.73 Å². The van der Waals surface area contributed by atoms with Crippen molar-refractivity contribution in [1.29, 1.82) is 0 Å². The normalized spacial score (nSPS) is 21.5. The number of benzene rings is 1. The van der Waals surface area contributed by atoms with Crippen LogP contribution in [0.1, 0.15) is 36.8 Å². The topological polar surface area (TPSA) is 38.0 Å². The average molecular weight is 230 g/mol. The minimum atomic E-state index is 0.689. The first-order valence-corrected chi connectivity index (χ1v) is 6.76. The fourth-order valence-electron chi connectivity index (χ4n) is 2.93. The van der Waals surface area contributed by atoms with Gasteiger partial charge in [0.1, 0.15) is 0 Å². The summed E-state index contributed by atoms with van der Waals surface area (Å²) in [5.41, 5.74) is 10.1. The van der Waals surface area contributed by atoms with E-state index >= 15 is 0 Å². The summed E-state index contributed by atoms with van der Waals surface area (Å²) in [6.45, 7) is 4.28. The number of nitrogen functional groups attached to an aromatic ring is 1. The van der Waals surface area contributed by atoms with Gasteiger partial charge in [0.15, 0.2) is 0 Å². The Hall–Kier alpha value is -1.02. The van der Waals surface area contributed by atoms with Crippen LogP contribution in [-0.2, 0) is 6.54 Å².